The molecule has 0 atom stereocenters. The lowest BCUT2D eigenvalue weighted by atomic mass is 10.4. The molecule has 0 aliphatic carbocycles. The van der Waals surface area contributed by atoms with E-state index in [1.54, 1.807) is 17.7 Å². The van der Waals surface area contributed by atoms with Crippen LogP contribution in [-0.2, 0) is 13.0 Å². The van der Waals surface area contributed by atoms with Crippen LogP contribution >= 0.6 is 0 Å². The Labute approximate surface area is 108 Å². The number of nitrogen functional groups attached to an aromatic ring is 1. The van der Waals surface area contributed by atoms with Gasteiger partial charge in [-0.1, -0.05) is 5.16 Å². The van der Waals surface area contributed by atoms with E-state index in [2.05, 4.69) is 20.1 Å². The molecule has 2 N–H and O–H groups in total. The number of nitrogens with two attached hydrogens (primary N) is 1. The molecule has 19 heavy (non-hydrogen) atoms. The summed E-state index contributed by atoms with van der Waals surface area (Å²) in [5, 5.41) is 3.56. The van der Waals surface area contributed by atoms with Gasteiger partial charge in [0.2, 0.25) is 17.7 Å². The van der Waals surface area contributed by atoms with E-state index in [0.717, 1.165) is 5.52 Å². The lowest BCUT2D eigenvalue weighted by Gasteiger charge is -2.04. The van der Waals surface area contributed by atoms with Gasteiger partial charge >= 0.3 is 0 Å². The van der Waals surface area contributed by atoms with Gasteiger partial charge in [0.25, 0.3) is 0 Å². The van der Waals surface area contributed by atoms with Gasteiger partial charge in [-0.25, -0.2) is 4.98 Å². The molecule has 3 rings (SSSR count). The van der Waals surface area contributed by atoms with Crippen molar-refractivity contribution in [1.29, 1.82) is 0 Å². The van der Waals surface area contributed by atoms with Crippen LogP contribution < -0.4 is 10.5 Å². The first-order valence-corrected chi connectivity index (χ1v) is 5.70. The highest BCUT2D eigenvalue weighted by Crippen LogP contribution is 2.19. The van der Waals surface area contributed by atoms with Crippen LogP contribution in [0.2, 0.25) is 0 Å². The molecule has 0 unspecified atom stereocenters. The molecule has 0 amide bonds. The van der Waals surface area contributed by atoms with Crippen molar-refractivity contribution in [2.75, 3.05) is 12.8 Å². The van der Waals surface area contributed by atoms with Gasteiger partial charge in [-0.2, -0.15) is 9.97 Å². The maximum atomic E-state index is 5.89. The van der Waals surface area contributed by atoms with Gasteiger partial charge in [-0.05, 0) is 6.07 Å². The average Bonchev–Trinajstić information content (AvgIpc) is 3.03. The van der Waals surface area contributed by atoms with E-state index >= 15 is 0 Å². The molecule has 0 aliphatic rings. The molecule has 3 aromatic rings. The molecule has 0 aromatic carbocycles. The van der Waals surface area contributed by atoms with E-state index in [-0.39, 0.29) is 0 Å². The van der Waals surface area contributed by atoms with Crippen molar-refractivity contribution in [1.82, 2.24) is 24.7 Å². The summed E-state index contributed by atoms with van der Waals surface area (Å²) in [5.41, 5.74) is 7.29. The second-order valence-corrected chi connectivity index (χ2v) is 3.90. The van der Waals surface area contributed by atoms with Gasteiger partial charge < -0.3 is 15.0 Å². The van der Waals surface area contributed by atoms with Gasteiger partial charge in [-0.3, -0.25) is 4.57 Å². The second-order valence-electron chi connectivity index (χ2n) is 3.90. The van der Waals surface area contributed by atoms with Gasteiger partial charge in [0.05, 0.1) is 7.11 Å². The molecule has 0 radical (unpaired) electrons. The number of ether oxygens (including phenoxy) is 1. The van der Waals surface area contributed by atoms with Crippen LogP contribution in [-0.4, -0.2) is 31.8 Å². The van der Waals surface area contributed by atoms with Crippen molar-refractivity contribution in [3.8, 4) is 5.88 Å². The summed E-state index contributed by atoms with van der Waals surface area (Å²) in [5.74, 6) is 1.46. The second kappa shape index (κ2) is 4.56. The maximum absolute atomic E-state index is 5.89. The van der Waals surface area contributed by atoms with Gasteiger partial charge in [0.1, 0.15) is 5.52 Å². The Hall–Kier alpha value is -2.64. The van der Waals surface area contributed by atoms with Crippen molar-refractivity contribution in [3.63, 3.8) is 0 Å². The van der Waals surface area contributed by atoms with Crippen LogP contribution in [0.5, 0.6) is 5.88 Å². The summed E-state index contributed by atoms with van der Waals surface area (Å²) in [4.78, 5) is 12.6. The number of pyridine rings is 1. The molecular weight excluding hydrogens is 248 g/mol. The van der Waals surface area contributed by atoms with Crippen molar-refractivity contribution in [2.45, 2.75) is 13.0 Å². The van der Waals surface area contributed by atoms with Crippen LogP contribution in [0.25, 0.3) is 11.2 Å². The number of hydrogen-bond acceptors (Lipinski definition) is 7. The van der Waals surface area contributed by atoms with E-state index < -0.39 is 0 Å². The molecule has 0 spiro atoms. The predicted molar refractivity (Wildman–Crippen MR) is 66.5 cm³/mol. The standard InChI is InChI=1S/C11H12N6O2/c1-18-9-3-2-7-10(16-9)17(11(12)15-7)5-4-8-13-6-14-19-8/h2-3,6H,4-5H2,1H3,(H2,12,15). The van der Waals surface area contributed by atoms with E-state index in [9.17, 15) is 0 Å². The van der Waals surface area contributed by atoms with Gasteiger partial charge in [0.15, 0.2) is 12.0 Å². The van der Waals surface area contributed by atoms with Crippen LogP contribution in [0.4, 0.5) is 5.95 Å². The Morgan fingerprint density at radius 1 is 1.37 bits per heavy atom. The summed E-state index contributed by atoms with van der Waals surface area (Å²) in [6, 6.07) is 3.57. The molecule has 8 nitrogen and oxygen atoms in total. The largest absolute Gasteiger partial charge is 0.481 e. The first-order valence-electron chi connectivity index (χ1n) is 5.70. The smallest absolute Gasteiger partial charge is 0.228 e. The molecule has 0 saturated carbocycles. The average molecular weight is 260 g/mol. The number of aryl methyl sites for hydroxylation is 2. The Balaban J connectivity index is 1.94. The van der Waals surface area contributed by atoms with E-state index in [0.29, 0.717) is 36.3 Å². The number of imidazole rings is 1. The monoisotopic (exact) mass is 260 g/mol. The number of aromatic nitrogens is 5. The topological polar surface area (TPSA) is 105 Å². The molecule has 0 saturated heterocycles. The van der Waals surface area contributed by atoms with Crippen molar-refractivity contribution in [3.05, 3.63) is 24.4 Å². The quantitative estimate of drug-likeness (QED) is 0.734. The first-order chi connectivity index (χ1) is 9.28. The van der Waals surface area contributed by atoms with Crippen LogP contribution in [0.15, 0.2) is 23.0 Å². The fraction of sp³-hybridized carbons (Fsp3) is 0.273. The van der Waals surface area contributed by atoms with Crippen molar-refractivity contribution in [2.24, 2.45) is 0 Å². The molecule has 0 fully saturated rings. The number of nitrogens with zero attached hydrogens (tertiary/aromatic N) is 5. The lowest BCUT2D eigenvalue weighted by Crippen LogP contribution is -2.06. The first kappa shape index (κ1) is 11.5. The molecule has 0 aliphatic heterocycles. The zero-order chi connectivity index (χ0) is 13.2. The molecule has 3 heterocycles. The number of methoxy groups -OCH3 is 1. The van der Waals surface area contributed by atoms with Gasteiger partial charge in [0, 0.05) is 19.0 Å². The third-order valence-electron chi connectivity index (χ3n) is 2.76. The minimum Gasteiger partial charge on any atom is -0.481 e. The number of hydrogen-bond donors (Lipinski definition) is 1. The fourth-order valence-electron chi connectivity index (χ4n) is 1.85. The third-order valence-corrected chi connectivity index (χ3v) is 2.76. The maximum Gasteiger partial charge on any atom is 0.228 e. The Kier molecular flexibility index (Phi) is 2.75. The minimum absolute atomic E-state index is 0.398. The normalized spacial score (nSPS) is 11.0. The molecule has 8 heteroatoms. The molecule has 3 aromatic heterocycles. The minimum atomic E-state index is 0.398. The Bertz CT molecular complexity index is 691. The van der Waals surface area contributed by atoms with E-state index in [1.165, 1.54) is 6.33 Å². The van der Waals surface area contributed by atoms with Crippen molar-refractivity contribution < 1.29 is 9.26 Å². The number of rotatable bonds is 4. The lowest BCUT2D eigenvalue weighted by molar-refractivity contribution is 0.371. The number of anilines is 1. The SMILES string of the molecule is COc1ccc2nc(N)n(CCc3ncno3)c2n1. The van der Waals surface area contributed by atoms with Crippen LogP contribution in [0.1, 0.15) is 5.89 Å². The van der Waals surface area contributed by atoms with E-state index in [1.807, 2.05) is 6.07 Å². The predicted octanol–water partition coefficient (Wildman–Crippen LogP) is 0.648. The zero-order valence-electron chi connectivity index (χ0n) is 10.3. The van der Waals surface area contributed by atoms with Crippen LogP contribution in [0, 0.1) is 0 Å². The highest BCUT2D eigenvalue weighted by Gasteiger charge is 2.11. The summed E-state index contributed by atoms with van der Waals surface area (Å²) >= 11 is 0. The Morgan fingerprint density at radius 3 is 3.00 bits per heavy atom. The number of fused-ring (bicyclic) bond motifs is 1. The Morgan fingerprint density at radius 2 is 2.26 bits per heavy atom. The van der Waals surface area contributed by atoms with Crippen molar-refractivity contribution >= 4 is 17.1 Å². The highest BCUT2D eigenvalue weighted by molar-refractivity contribution is 5.74. The van der Waals surface area contributed by atoms with E-state index in [4.69, 9.17) is 15.0 Å². The molecule has 0 bridgehead atoms. The summed E-state index contributed by atoms with van der Waals surface area (Å²) < 4.78 is 11.8. The molecule has 98 valence electrons. The zero-order valence-corrected chi connectivity index (χ0v) is 10.3. The summed E-state index contributed by atoms with van der Waals surface area (Å²) in [6.07, 6.45) is 1.93. The summed E-state index contributed by atoms with van der Waals surface area (Å²) in [7, 11) is 1.57. The molecular formula is C11H12N6O2. The van der Waals surface area contributed by atoms with Crippen LogP contribution in [0.3, 0.4) is 0 Å². The fourth-order valence-corrected chi connectivity index (χ4v) is 1.85. The van der Waals surface area contributed by atoms with Gasteiger partial charge in [-0.15, -0.1) is 0 Å². The highest BCUT2D eigenvalue weighted by atomic mass is 16.5. The third kappa shape index (κ3) is 2.07. The summed E-state index contributed by atoms with van der Waals surface area (Å²) in [6.45, 7) is 0.560.